The first-order valence-electron chi connectivity index (χ1n) is 9.05. The highest BCUT2D eigenvalue weighted by Crippen LogP contribution is 2.27. The van der Waals surface area contributed by atoms with Crippen LogP contribution in [0.5, 0.6) is 11.5 Å². The number of hydrogen-bond acceptors (Lipinski definition) is 5. The molecule has 0 aliphatic heterocycles. The highest BCUT2D eigenvalue weighted by atomic mass is 16.5. The molecule has 0 aliphatic carbocycles. The summed E-state index contributed by atoms with van der Waals surface area (Å²) in [6.07, 6.45) is 3.68. The molecule has 1 unspecified atom stereocenters. The zero-order valence-electron chi connectivity index (χ0n) is 16.3. The minimum Gasteiger partial charge on any atom is -0.504 e. The third kappa shape index (κ3) is 5.87. The lowest BCUT2D eigenvalue weighted by molar-refractivity contribution is -0.142. The maximum Gasteiger partial charge on any atom is 0.331 e. The van der Waals surface area contributed by atoms with Gasteiger partial charge in [0.25, 0.3) is 5.91 Å². The van der Waals surface area contributed by atoms with Crippen molar-refractivity contribution in [2.45, 2.75) is 26.2 Å². The number of esters is 1. The number of aromatic hydroxyl groups is 1. The van der Waals surface area contributed by atoms with Crippen molar-refractivity contribution in [1.82, 2.24) is 0 Å². The van der Waals surface area contributed by atoms with Gasteiger partial charge < -0.3 is 19.9 Å². The van der Waals surface area contributed by atoms with E-state index in [0.717, 1.165) is 17.7 Å². The average molecular weight is 383 g/mol. The van der Waals surface area contributed by atoms with E-state index in [1.165, 1.54) is 25.3 Å². The summed E-state index contributed by atoms with van der Waals surface area (Å²) in [6, 6.07) is 12.3. The van der Waals surface area contributed by atoms with Crippen LogP contribution < -0.4 is 10.1 Å². The molecule has 0 radical (unpaired) electrons. The quantitative estimate of drug-likeness (QED) is 0.529. The van der Waals surface area contributed by atoms with Gasteiger partial charge in [-0.15, -0.1) is 0 Å². The number of benzene rings is 2. The number of methoxy groups -OCH3 is 1. The van der Waals surface area contributed by atoms with Gasteiger partial charge in [0.15, 0.2) is 18.1 Å². The fourth-order valence-electron chi connectivity index (χ4n) is 2.59. The second-order valence-electron chi connectivity index (χ2n) is 6.32. The van der Waals surface area contributed by atoms with Gasteiger partial charge in [0.2, 0.25) is 0 Å². The van der Waals surface area contributed by atoms with Crippen LogP contribution in [0.3, 0.4) is 0 Å². The number of nitrogens with one attached hydrogen (secondary N) is 1. The monoisotopic (exact) mass is 383 g/mol. The third-order valence-electron chi connectivity index (χ3n) is 4.34. The first kappa shape index (κ1) is 21.0. The lowest BCUT2D eigenvalue weighted by atomic mass is 9.97. The van der Waals surface area contributed by atoms with Gasteiger partial charge in [-0.1, -0.05) is 38.1 Å². The van der Waals surface area contributed by atoms with Crippen molar-refractivity contribution in [3.8, 4) is 11.5 Å². The Balaban J connectivity index is 1.90. The van der Waals surface area contributed by atoms with Crippen molar-refractivity contribution in [1.29, 1.82) is 0 Å². The van der Waals surface area contributed by atoms with Crippen molar-refractivity contribution in [2.24, 2.45) is 0 Å². The Morgan fingerprint density at radius 1 is 1.21 bits per heavy atom. The summed E-state index contributed by atoms with van der Waals surface area (Å²) < 4.78 is 10.00. The van der Waals surface area contributed by atoms with Gasteiger partial charge in [0.05, 0.1) is 7.11 Å². The van der Waals surface area contributed by atoms with Gasteiger partial charge in [0, 0.05) is 11.8 Å². The molecule has 2 aromatic rings. The maximum absolute atomic E-state index is 12.1. The number of amides is 1. The minimum atomic E-state index is -0.641. The summed E-state index contributed by atoms with van der Waals surface area (Å²) in [5.74, 6) is -0.420. The van der Waals surface area contributed by atoms with Crippen molar-refractivity contribution in [3.63, 3.8) is 0 Å². The van der Waals surface area contributed by atoms with E-state index < -0.39 is 11.9 Å². The summed E-state index contributed by atoms with van der Waals surface area (Å²) in [5.41, 5.74) is 2.43. The molecule has 1 amide bonds. The molecule has 0 spiro atoms. The van der Waals surface area contributed by atoms with Gasteiger partial charge in [0.1, 0.15) is 0 Å². The summed E-state index contributed by atoms with van der Waals surface area (Å²) in [7, 11) is 1.44. The molecule has 2 aromatic carbocycles. The first-order valence-corrected chi connectivity index (χ1v) is 9.05. The normalized spacial score (nSPS) is 11.8. The molecule has 28 heavy (non-hydrogen) atoms. The van der Waals surface area contributed by atoms with Gasteiger partial charge in [-0.3, -0.25) is 4.79 Å². The first-order chi connectivity index (χ1) is 13.4. The maximum atomic E-state index is 12.1. The van der Waals surface area contributed by atoms with E-state index in [-0.39, 0.29) is 12.4 Å². The van der Waals surface area contributed by atoms with Crippen LogP contribution in [0.2, 0.25) is 0 Å². The number of ether oxygens (including phenoxy) is 2. The summed E-state index contributed by atoms with van der Waals surface area (Å²) >= 11 is 0. The van der Waals surface area contributed by atoms with E-state index in [1.807, 2.05) is 24.3 Å². The Bertz CT molecular complexity index is 860. The van der Waals surface area contributed by atoms with E-state index in [9.17, 15) is 14.7 Å². The smallest absolute Gasteiger partial charge is 0.331 e. The zero-order valence-corrected chi connectivity index (χ0v) is 16.3. The highest BCUT2D eigenvalue weighted by Gasteiger charge is 2.12. The predicted molar refractivity (Wildman–Crippen MR) is 108 cm³/mol. The number of hydrogen-bond donors (Lipinski definition) is 2. The fraction of sp³-hybridized carbons (Fsp3) is 0.273. The number of anilines is 1. The van der Waals surface area contributed by atoms with E-state index in [2.05, 4.69) is 19.2 Å². The average Bonchev–Trinajstić information content (AvgIpc) is 2.71. The Hall–Kier alpha value is -3.28. The molecule has 1 atom stereocenters. The van der Waals surface area contributed by atoms with Gasteiger partial charge >= 0.3 is 5.97 Å². The summed E-state index contributed by atoms with van der Waals surface area (Å²) in [5, 5.41) is 12.4. The van der Waals surface area contributed by atoms with E-state index in [1.54, 1.807) is 12.1 Å². The fourth-order valence-corrected chi connectivity index (χ4v) is 2.59. The van der Waals surface area contributed by atoms with Gasteiger partial charge in [-0.25, -0.2) is 4.79 Å². The van der Waals surface area contributed by atoms with Crippen LogP contribution in [0, 0.1) is 0 Å². The SMILES string of the molecule is CCC(C)c1ccccc1NC(=O)COC(=O)/C=C/c1ccc(O)c(OC)c1. The number of carbonyl (C=O) groups is 2. The number of rotatable bonds is 8. The summed E-state index contributed by atoms with van der Waals surface area (Å²) in [4.78, 5) is 24.0. The molecule has 0 aromatic heterocycles. The second kappa shape index (κ2) is 10.2. The van der Waals surface area contributed by atoms with Crippen molar-refractivity contribution in [2.75, 3.05) is 19.0 Å². The predicted octanol–water partition coefficient (Wildman–Crippen LogP) is 4.11. The minimum absolute atomic E-state index is 0.0107. The lowest BCUT2D eigenvalue weighted by Crippen LogP contribution is -2.21. The molecule has 0 heterocycles. The van der Waals surface area contributed by atoms with Crippen LogP contribution in [0.1, 0.15) is 37.3 Å². The largest absolute Gasteiger partial charge is 0.504 e. The molecular weight excluding hydrogens is 358 g/mol. The zero-order chi connectivity index (χ0) is 20.5. The Morgan fingerprint density at radius 3 is 2.68 bits per heavy atom. The van der Waals surface area contributed by atoms with Crippen LogP contribution in [0.4, 0.5) is 5.69 Å². The number of para-hydroxylation sites is 1. The Kier molecular flexibility index (Phi) is 7.63. The molecule has 6 nitrogen and oxygen atoms in total. The molecular formula is C22H25NO5. The van der Waals surface area contributed by atoms with Crippen molar-refractivity contribution < 1.29 is 24.2 Å². The second-order valence-corrected chi connectivity index (χ2v) is 6.32. The topological polar surface area (TPSA) is 84.9 Å². The highest BCUT2D eigenvalue weighted by molar-refractivity contribution is 5.95. The molecule has 0 saturated carbocycles. The van der Waals surface area contributed by atoms with Crippen LogP contribution in [-0.4, -0.2) is 30.7 Å². The van der Waals surface area contributed by atoms with Crippen molar-refractivity contribution >= 4 is 23.6 Å². The molecule has 148 valence electrons. The summed E-state index contributed by atoms with van der Waals surface area (Å²) in [6.45, 7) is 3.80. The van der Waals surface area contributed by atoms with E-state index in [4.69, 9.17) is 9.47 Å². The number of phenolic OH excluding ortho intramolecular Hbond substituents is 1. The van der Waals surface area contributed by atoms with E-state index in [0.29, 0.717) is 17.2 Å². The molecule has 2 rings (SSSR count). The van der Waals surface area contributed by atoms with E-state index >= 15 is 0 Å². The molecule has 0 aliphatic rings. The lowest BCUT2D eigenvalue weighted by Gasteiger charge is -2.15. The molecule has 0 fully saturated rings. The van der Waals surface area contributed by atoms with Crippen LogP contribution >= 0.6 is 0 Å². The number of carbonyl (C=O) groups excluding carboxylic acids is 2. The standard InChI is InChI=1S/C22H25NO5/c1-4-15(2)17-7-5-6-8-18(17)23-21(25)14-28-22(26)12-10-16-9-11-19(24)20(13-16)27-3/h5-13,15,24H,4,14H2,1-3H3,(H,23,25)/b12-10+. The third-order valence-corrected chi connectivity index (χ3v) is 4.34. The van der Waals surface area contributed by atoms with Crippen LogP contribution in [0.15, 0.2) is 48.5 Å². The van der Waals surface area contributed by atoms with Crippen LogP contribution in [0.25, 0.3) is 6.08 Å². The van der Waals surface area contributed by atoms with Crippen molar-refractivity contribution in [3.05, 3.63) is 59.7 Å². The molecule has 0 saturated heterocycles. The number of phenols is 1. The Labute approximate surface area is 164 Å². The Morgan fingerprint density at radius 2 is 1.96 bits per heavy atom. The van der Waals surface area contributed by atoms with Crippen LogP contribution in [-0.2, 0) is 14.3 Å². The molecule has 2 N–H and O–H groups in total. The van der Waals surface area contributed by atoms with Gasteiger partial charge in [-0.2, -0.15) is 0 Å². The molecule has 6 heteroatoms. The molecule has 0 bridgehead atoms. The van der Waals surface area contributed by atoms with Gasteiger partial charge in [-0.05, 0) is 47.7 Å².